The number of carbonyl (C=O) groups excluding carboxylic acids is 5. The van der Waals surface area contributed by atoms with Crippen LogP contribution in [-0.2, 0) is 32.1 Å². The van der Waals surface area contributed by atoms with Gasteiger partial charge in [0.1, 0.15) is 57.8 Å². The second-order valence-corrected chi connectivity index (χ2v) is 30.0. The fourth-order valence-corrected chi connectivity index (χ4v) is 12.1. The zero-order chi connectivity index (χ0) is 83.3. The van der Waals surface area contributed by atoms with Crippen LogP contribution in [0.25, 0.3) is 0 Å². The molecule has 0 aliphatic heterocycles. The topological polar surface area (TPSA) is 132 Å². The van der Waals surface area contributed by atoms with Gasteiger partial charge in [-0.2, -0.15) is 0 Å². The van der Waals surface area contributed by atoms with Crippen molar-refractivity contribution in [2.24, 2.45) is 0 Å². The quantitative estimate of drug-likeness (QED) is 0.00860. The zero-order valence-electron chi connectivity index (χ0n) is 68.1. The van der Waals surface area contributed by atoms with E-state index in [1.54, 1.807) is 60.7 Å². The second kappa shape index (κ2) is 61.0. The molecule has 0 heterocycles. The van der Waals surface area contributed by atoms with Crippen LogP contribution < -0.4 is 23.7 Å². The maximum atomic E-state index is 13.4. The lowest BCUT2D eigenvalue weighted by atomic mass is 10.0. The molecule has 0 spiro atoms. The molecular formula is C95H110F10O10S5. The number of hydrogen-bond acceptors (Lipinski definition) is 15. The number of unbranched alkanes of at least 4 members (excludes halogenated alkanes) is 15. The highest BCUT2D eigenvalue weighted by atomic mass is 32.1. The van der Waals surface area contributed by atoms with Crippen molar-refractivity contribution in [1.82, 2.24) is 0 Å². The Hall–Kier alpha value is -9.40. The van der Waals surface area contributed by atoms with E-state index in [-0.39, 0.29) is 76.7 Å². The first-order chi connectivity index (χ1) is 55.5. The molecule has 0 fully saturated rings. The number of esters is 5. The Bertz CT molecular complexity index is 3960. The van der Waals surface area contributed by atoms with E-state index in [1.807, 2.05) is 60.7 Å². The van der Waals surface area contributed by atoms with Gasteiger partial charge in [-0.25, -0.2) is 45.9 Å². The van der Waals surface area contributed by atoms with Crippen molar-refractivity contribution in [3.63, 3.8) is 0 Å². The summed E-state index contributed by atoms with van der Waals surface area (Å²) in [5.74, 6) is -4.15. The van der Waals surface area contributed by atoms with Crippen LogP contribution in [0.3, 0.4) is 0 Å². The van der Waals surface area contributed by atoms with E-state index in [0.717, 1.165) is 94.5 Å². The predicted octanol–water partition coefficient (Wildman–Crippen LogP) is 28.0. The Morgan fingerprint density at radius 1 is 0.217 bits per heavy atom. The summed E-state index contributed by atoms with van der Waals surface area (Å²) >= 11 is 19.7. The van der Waals surface area contributed by atoms with Crippen molar-refractivity contribution in [3.05, 3.63) is 297 Å². The molecule has 10 aromatic rings. The summed E-state index contributed by atoms with van der Waals surface area (Å²) in [5.41, 5.74) is 8.34. The number of carbonyl (C=O) groups is 5. The van der Waals surface area contributed by atoms with E-state index < -0.39 is 58.9 Å². The minimum Gasteiger partial charge on any atom is -0.423 e. The second-order valence-electron chi connectivity index (χ2n) is 27.6. The van der Waals surface area contributed by atoms with Crippen LogP contribution in [0, 0.1) is 29.1 Å². The normalized spacial score (nSPS) is 10.1. The molecule has 0 atom stereocenters. The van der Waals surface area contributed by atoms with Gasteiger partial charge in [0.25, 0.3) is 0 Å². The molecule has 0 saturated heterocycles. The van der Waals surface area contributed by atoms with Gasteiger partial charge >= 0.3 is 29.8 Å². The average molecular weight is 1760 g/mol. The van der Waals surface area contributed by atoms with E-state index >= 15 is 0 Å². The van der Waals surface area contributed by atoms with Crippen LogP contribution in [0.4, 0.5) is 45.5 Å². The molecule has 0 amide bonds. The third-order valence-electron chi connectivity index (χ3n) is 18.2. The SMILES string of the molecule is CCCCCCc1ccc(C(=O)Oc2ccc(S)c(F)c2)cc1.CCCCCCc1ccc(C(=O)Oc2ccc(S)c(F)c2)cc1.CCCCCCc1ccc(C(=O)Oc2ccc(S)c(F)c2)cc1.CCCCCCc1ccc(C(=O)Oc2ccc(S)c(F)c2)cc1.CCCCCCc1ccc(C(=O)Oc2ccc(S)c(F)c2)cc1.F.F.F.F.F. The Balaban J connectivity index is 0.000000742. The number of halogens is 10. The highest BCUT2D eigenvalue weighted by molar-refractivity contribution is 7.81. The van der Waals surface area contributed by atoms with Crippen LogP contribution in [-0.4, -0.2) is 29.8 Å². The highest BCUT2D eigenvalue weighted by Crippen LogP contribution is 2.27. The lowest BCUT2D eigenvalue weighted by molar-refractivity contribution is 0.0724. The third kappa shape index (κ3) is 40.8. The molecule has 650 valence electrons. The largest absolute Gasteiger partial charge is 0.423 e. The van der Waals surface area contributed by atoms with E-state index in [2.05, 4.69) is 97.8 Å². The van der Waals surface area contributed by atoms with Gasteiger partial charge in [-0.15, -0.1) is 63.1 Å². The van der Waals surface area contributed by atoms with Crippen LogP contribution in [0.15, 0.2) is 237 Å². The summed E-state index contributed by atoms with van der Waals surface area (Å²) in [5, 5.41) is 0. The van der Waals surface area contributed by atoms with Gasteiger partial charge < -0.3 is 23.7 Å². The number of ether oxygens (including phenoxy) is 5. The Morgan fingerprint density at radius 3 is 0.483 bits per heavy atom. The van der Waals surface area contributed by atoms with Crippen molar-refractivity contribution < 1.29 is 93.1 Å². The van der Waals surface area contributed by atoms with E-state index in [4.69, 9.17) is 23.7 Å². The molecule has 10 aromatic carbocycles. The summed E-state index contributed by atoms with van der Waals surface area (Å²) in [6.07, 6.45) is 29.4. The summed E-state index contributed by atoms with van der Waals surface area (Å²) in [4.78, 5) is 61.4. The molecule has 0 aromatic heterocycles. The Morgan fingerprint density at radius 2 is 0.358 bits per heavy atom. The van der Waals surface area contributed by atoms with Gasteiger partial charge in [0.15, 0.2) is 0 Å². The molecule has 10 rings (SSSR count). The van der Waals surface area contributed by atoms with Crippen LogP contribution in [0.2, 0.25) is 0 Å². The van der Waals surface area contributed by atoms with Crippen molar-refractivity contribution in [3.8, 4) is 28.7 Å². The first-order valence-electron chi connectivity index (χ1n) is 39.5. The monoisotopic (exact) mass is 1760 g/mol. The minimum absolute atomic E-state index is 0. The van der Waals surface area contributed by atoms with E-state index in [1.165, 1.54) is 185 Å². The van der Waals surface area contributed by atoms with E-state index in [0.29, 0.717) is 27.8 Å². The smallest absolute Gasteiger partial charge is 0.343 e. The standard InChI is InChI=1S/5C19H21FO2S.5FH/c5*1-2-3-4-5-6-14-7-9-15(10-8-14)19(21)22-16-11-12-18(23)17(20)13-16;;;;;/h5*7-13,23H,2-6H2,1H3;5*1H. The van der Waals surface area contributed by atoms with Gasteiger partial charge in [0.05, 0.1) is 27.8 Å². The summed E-state index contributed by atoms with van der Waals surface area (Å²) in [7, 11) is 0. The molecular weight excluding hydrogens is 1650 g/mol. The predicted molar refractivity (Wildman–Crippen MR) is 477 cm³/mol. The Labute approximate surface area is 726 Å². The van der Waals surface area contributed by atoms with Crippen LogP contribution >= 0.6 is 63.1 Å². The van der Waals surface area contributed by atoms with E-state index in [9.17, 15) is 45.9 Å². The first-order valence-corrected chi connectivity index (χ1v) is 41.7. The molecule has 0 saturated carbocycles. The molecule has 0 radical (unpaired) electrons. The number of aryl methyl sites for hydroxylation is 5. The number of thiol groups is 5. The van der Waals surface area contributed by atoms with Crippen LogP contribution in [0.1, 0.15) is 243 Å². The highest BCUT2D eigenvalue weighted by Gasteiger charge is 2.17. The lowest BCUT2D eigenvalue weighted by Gasteiger charge is -2.06. The number of benzene rings is 10. The molecule has 0 aliphatic rings. The van der Waals surface area contributed by atoms with Gasteiger partial charge in [0, 0.05) is 54.8 Å². The Kier molecular flexibility index (Phi) is 55.2. The molecule has 0 aliphatic carbocycles. The van der Waals surface area contributed by atoms with Crippen LogP contribution in [0.5, 0.6) is 28.7 Å². The lowest BCUT2D eigenvalue weighted by Crippen LogP contribution is -2.08. The minimum atomic E-state index is -0.513. The van der Waals surface area contributed by atoms with Crippen molar-refractivity contribution in [1.29, 1.82) is 0 Å². The molecule has 10 nitrogen and oxygen atoms in total. The maximum absolute atomic E-state index is 13.4. The molecule has 0 unspecified atom stereocenters. The third-order valence-corrected chi connectivity index (χ3v) is 20.0. The molecule has 120 heavy (non-hydrogen) atoms. The fraction of sp³-hybridized carbons (Fsp3) is 0.316. The van der Waals surface area contributed by atoms with Crippen molar-refractivity contribution >= 4 is 93.0 Å². The number of rotatable bonds is 35. The average Bonchev–Trinajstić information content (AvgIpc) is 0.872. The van der Waals surface area contributed by atoms with Crippen molar-refractivity contribution in [2.75, 3.05) is 0 Å². The molecule has 0 bridgehead atoms. The first kappa shape index (κ1) is 109. The van der Waals surface area contributed by atoms with Crippen molar-refractivity contribution in [2.45, 2.75) is 220 Å². The molecule has 0 N–H and O–H groups in total. The zero-order valence-corrected chi connectivity index (χ0v) is 72.6. The van der Waals surface area contributed by atoms with Gasteiger partial charge in [-0.05, 0) is 213 Å². The van der Waals surface area contributed by atoms with Gasteiger partial charge in [-0.3, -0.25) is 23.5 Å². The molecule has 25 heteroatoms. The van der Waals surface area contributed by atoms with Gasteiger partial charge in [0.2, 0.25) is 0 Å². The number of hydrogen-bond donors (Lipinski definition) is 5. The summed E-state index contributed by atoms with van der Waals surface area (Å²) in [6, 6.07) is 57.6. The van der Waals surface area contributed by atoms with Gasteiger partial charge in [-0.1, -0.05) is 192 Å². The summed E-state index contributed by atoms with van der Waals surface area (Å²) < 4.78 is 92.8. The summed E-state index contributed by atoms with van der Waals surface area (Å²) in [6.45, 7) is 11.0. The fourth-order valence-electron chi connectivity index (χ4n) is 11.4. The maximum Gasteiger partial charge on any atom is 0.343 e.